The van der Waals surface area contributed by atoms with Crippen LogP contribution in [0.4, 0.5) is 4.39 Å². The van der Waals surface area contributed by atoms with E-state index in [1.165, 1.54) is 6.07 Å². The molecule has 0 heterocycles. The van der Waals surface area contributed by atoms with Gasteiger partial charge >= 0.3 is 5.97 Å². The third-order valence-corrected chi connectivity index (χ3v) is 5.01. The maximum atomic E-state index is 15.0. The van der Waals surface area contributed by atoms with Gasteiger partial charge in [-0.15, -0.1) is 0 Å². The lowest BCUT2D eigenvalue weighted by atomic mass is 9.97. The molecule has 0 aliphatic carbocycles. The van der Waals surface area contributed by atoms with Crippen molar-refractivity contribution in [3.05, 3.63) is 89.8 Å². The Balaban J connectivity index is 1.79. The molecule has 0 aromatic heterocycles. The number of benzene rings is 3. The van der Waals surface area contributed by atoms with Gasteiger partial charge in [-0.1, -0.05) is 55.1 Å². The molecule has 1 N–H and O–H groups in total. The van der Waals surface area contributed by atoms with Gasteiger partial charge in [0.15, 0.2) is 0 Å². The number of aliphatic hydroxyl groups is 1. The molecule has 3 rings (SSSR count). The topological polar surface area (TPSA) is 55.8 Å². The summed E-state index contributed by atoms with van der Waals surface area (Å²) in [6.45, 7) is 7.43. The van der Waals surface area contributed by atoms with Crippen molar-refractivity contribution in [1.82, 2.24) is 0 Å². The zero-order chi connectivity index (χ0) is 23.1. The second-order valence-electron chi connectivity index (χ2n) is 7.63. The summed E-state index contributed by atoms with van der Waals surface area (Å²) in [7, 11) is 0. The Labute approximate surface area is 187 Å². The average molecular weight is 435 g/mol. The number of hydrogen-bond acceptors (Lipinski definition) is 4. The Morgan fingerprint density at radius 3 is 2.31 bits per heavy atom. The predicted molar refractivity (Wildman–Crippen MR) is 124 cm³/mol. The van der Waals surface area contributed by atoms with Crippen molar-refractivity contribution >= 4 is 5.97 Å². The molecule has 0 amide bonds. The van der Waals surface area contributed by atoms with E-state index in [2.05, 4.69) is 6.58 Å². The van der Waals surface area contributed by atoms with Crippen LogP contribution < -0.4 is 4.74 Å². The summed E-state index contributed by atoms with van der Waals surface area (Å²) >= 11 is 0. The van der Waals surface area contributed by atoms with Crippen LogP contribution in [0.2, 0.25) is 0 Å². The first-order chi connectivity index (χ1) is 15.4. The first kappa shape index (κ1) is 23.2. The normalized spacial score (nSPS) is 10.6. The molecule has 0 atom stereocenters. The van der Waals surface area contributed by atoms with Crippen LogP contribution >= 0.6 is 0 Å². The van der Waals surface area contributed by atoms with E-state index in [1.807, 2.05) is 55.5 Å². The lowest BCUT2D eigenvalue weighted by Gasteiger charge is -2.14. The largest absolute Gasteiger partial charge is 0.489 e. The first-order valence-electron chi connectivity index (χ1n) is 10.4. The van der Waals surface area contributed by atoms with Crippen LogP contribution in [-0.2, 0) is 16.0 Å². The Morgan fingerprint density at radius 1 is 0.969 bits per heavy atom. The minimum atomic E-state index is -0.458. The van der Waals surface area contributed by atoms with Crippen molar-refractivity contribution in [1.29, 1.82) is 0 Å². The molecule has 4 nitrogen and oxygen atoms in total. The lowest BCUT2D eigenvalue weighted by Crippen LogP contribution is -2.12. The van der Waals surface area contributed by atoms with Crippen LogP contribution in [0.3, 0.4) is 0 Å². The number of aliphatic hydroxyl groups excluding tert-OH is 1. The third-order valence-electron chi connectivity index (χ3n) is 5.01. The van der Waals surface area contributed by atoms with Crippen LogP contribution in [0.15, 0.2) is 72.8 Å². The summed E-state index contributed by atoms with van der Waals surface area (Å²) in [5, 5.41) is 9.05. The molecule has 0 fully saturated rings. The summed E-state index contributed by atoms with van der Waals surface area (Å²) in [6, 6.07) is 18.3. The fraction of sp³-hybridized carbons (Fsp3) is 0.222. The molecule has 0 unspecified atom stereocenters. The standard InChI is InChI=1S/C27H27FO4/c1-18(2)27(30)32-15-14-31-26-16-19(3)4-10-24(26)22-9-11-23(25(28)17-22)21-7-5-20(6-8-21)12-13-29/h4-11,16-17,29H,1,12-15H2,2-3H3. The second-order valence-corrected chi connectivity index (χ2v) is 7.63. The van der Waals surface area contributed by atoms with Gasteiger partial charge in [-0.25, -0.2) is 9.18 Å². The maximum Gasteiger partial charge on any atom is 0.333 e. The number of carbonyl (C=O) groups excluding carboxylic acids is 1. The van der Waals surface area contributed by atoms with Crippen molar-refractivity contribution in [3.63, 3.8) is 0 Å². The highest BCUT2D eigenvalue weighted by atomic mass is 19.1. The number of rotatable bonds is 9. The van der Waals surface area contributed by atoms with Crippen molar-refractivity contribution in [2.24, 2.45) is 0 Å². The van der Waals surface area contributed by atoms with E-state index in [0.717, 1.165) is 22.3 Å². The highest BCUT2D eigenvalue weighted by Crippen LogP contribution is 2.34. The smallest absolute Gasteiger partial charge is 0.333 e. The summed E-state index contributed by atoms with van der Waals surface area (Å²) in [4.78, 5) is 11.5. The fourth-order valence-corrected chi connectivity index (χ4v) is 3.29. The molecule has 0 bridgehead atoms. The molecule has 3 aromatic carbocycles. The third kappa shape index (κ3) is 5.83. The van der Waals surface area contributed by atoms with E-state index in [1.54, 1.807) is 13.0 Å². The molecule has 0 aliphatic rings. The van der Waals surface area contributed by atoms with Gasteiger partial charge in [-0.3, -0.25) is 0 Å². The SMILES string of the molecule is C=C(C)C(=O)OCCOc1cc(C)ccc1-c1ccc(-c2ccc(CCO)cc2)c(F)c1. The van der Waals surface area contributed by atoms with Gasteiger partial charge in [0.1, 0.15) is 24.8 Å². The number of esters is 1. The second kappa shape index (κ2) is 10.7. The predicted octanol–water partition coefficient (Wildman–Crippen LogP) is 5.50. The first-order valence-corrected chi connectivity index (χ1v) is 10.4. The Kier molecular flexibility index (Phi) is 7.79. The van der Waals surface area contributed by atoms with Crippen molar-refractivity contribution in [2.45, 2.75) is 20.3 Å². The molecule has 0 radical (unpaired) electrons. The fourth-order valence-electron chi connectivity index (χ4n) is 3.29. The van der Waals surface area contributed by atoms with E-state index in [0.29, 0.717) is 28.9 Å². The van der Waals surface area contributed by atoms with Gasteiger partial charge < -0.3 is 14.6 Å². The highest BCUT2D eigenvalue weighted by Gasteiger charge is 2.12. The molecule has 0 spiro atoms. The van der Waals surface area contributed by atoms with Gasteiger partial charge in [0, 0.05) is 23.3 Å². The zero-order valence-corrected chi connectivity index (χ0v) is 18.4. The van der Waals surface area contributed by atoms with Gasteiger partial charge in [-0.05, 0) is 54.7 Å². The molecule has 0 aliphatic heterocycles. The van der Waals surface area contributed by atoms with Crippen LogP contribution in [-0.4, -0.2) is 30.9 Å². The monoisotopic (exact) mass is 434 g/mol. The van der Waals surface area contributed by atoms with Crippen molar-refractivity contribution in [3.8, 4) is 28.0 Å². The highest BCUT2D eigenvalue weighted by molar-refractivity contribution is 5.86. The molecular formula is C27H27FO4. The summed E-state index contributed by atoms with van der Waals surface area (Å²) in [5.41, 5.74) is 5.06. The minimum absolute atomic E-state index is 0.0830. The van der Waals surface area contributed by atoms with Crippen LogP contribution in [0.1, 0.15) is 18.1 Å². The summed E-state index contributed by atoms with van der Waals surface area (Å²) < 4.78 is 25.9. The van der Waals surface area contributed by atoms with Gasteiger partial charge in [0.2, 0.25) is 0 Å². The number of halogens is 1. The van der Waals surface area contributed by atoms with Gasteiger partial charge in [0.25, 0.3) is 0 Å². The Morgan fingerprint density at radius 2 is 1.66 bits per heavy atom. The molecular weight excluding hydrogens is 407 g/mol. The number of aryl methyl sites for hydroxylation is 1. The Hall–Kier alpha value is -3.44. The molecule has 5 heteroatoms. The van der Waals surface area contributed by atoms with E-state index < -0.39 is 5.97 Å². The quantitative estimate of drug-likeness (QED) is 0.274. The summed E-state index contributed by atoms with van der Waals surface area (Å²) in [5.74, 6) is -0.198. The summed E-state index contributed by atoms with van der Waals surface area (Å²) in [6.07, 6.45) is 0.574. The zero-order valence-electron chi connectivity index (χ0n) is 18.4. The van der Waals surface area contributed by atoms with E-state index >= 15 is 4.39 Å². The number of ether oxygens (including phenoxy) is 2. The van der Waals surface area contributed by atoms with E-state index in [-0.39, 0.29) is 25.6 Å². The number of hydrogen-bond donors (Lipinski definition) is 1. The van der Waals surface area contributed by atoms with E-state index in [9.17, 15) is 4.79 Å². The van der Waals surface area contributed by atoms with Crippen LogP contribution in [0.25, 0.3) is 22.3 Å². The van der Waals surface area contributed by atoms with Gasteiger partial charge in [0.05, 0.1) is 0 Å². The molecule has 32 heavy (non-hydrogen) atoms. The van der Waals surface area contributed by atoms with Crippen LogP contribution in [0.5, 0.6) is 5.75 Å². The van der Waals surface area contributed by atoms with Crippen molar-refractivity contribution in [2.75, 3.05) is 19.8 Å². The molecule has 0 saturated carbocycles. The van der Waals surface area contributed by atoms with Gasteiger partial charge in [-0.2, -0.15) is 0 Å². The molecule has 3 aromatic rings. The minimum Gasteiger partial charge on any atom is -0.489 e. The number of carbonyl (C=O) groups is 1. The van der Waals surface area contributed by atoms with Crippen molar-refractivity contribution < 1.29 is 23.8 Å². The molecule has 0 saturated heterocycles. The lowest BCUT2D eigenvalue weighted by molar-refractivity contribution is -0.139. The van der Waals surface area contributed by atoms with Crippen LogP contribution in [0, 0.1) is 12.7 Å². The van der Waals surface area contributed by atoms with E-state index in [4.69, 9.17) is 14.6 Å². The molecule has 166 valence electrons. The maximum absolute atomic E-state index is 15.0. The average Bonchev–Trinajstić information content (AvgIpc) is 2.77. The Bertz CT molecular complexity index is 1100.